The van der Waals surface area contributed by atoms with Crippen LogP contribution in [0.1, 0.15) is 10.4 Å². The van der Waals surface area contributed by atoms with Gasteiger partial charge in [0.15, 0.2) is 10.8 Å². The number of fused-ring (bicyclic) bond motifs is 1. The number of halogens is 2. The Morgan fingerprint density at radius 3 is 2.67 bits per heavy atom. The molecule has 1 amide bonds. The second-order valence-electron chi connectivity index (χ2n) is 4.14. The lowest BCUT2D eigenvalue weighted by Gasteiger charge is -2.08. The smallest absolute Gasteiger partial charge is 0.248 e. The molecule has 2 aromatic heterocycles. The highest BCUT2D eigenvalue weighted by atomic mass is 35.5. The number of nitrogens with one attached hydrogen (secondary N) is 1. The fourth-order valence-corrected chi connectivity index (χ4v) is 2.04. The largest absolute Gasteiger partial charge is 0.366 e. The minimum atomic E-state index is -0.459. The van der Waals surface area contributed by atoms with Crippen LogP contribution in [0.5, 0.6) is 0 Å². The summed E-state index contributed by atoms with van der Waals surface area (Å²) >= 11 is 5.95. The highest BCUT2D eigenvalue weighted by molar-refractivity contribution is 6.29. The summed E-state index contributed by atoms with van der Waals surface area (Å²) in [5, 5.41) is 7.63. The van der Waals surface area contributed by atoms with Gasteiger partial charge < -0.3 is 11.1 Å². The Balaban J connectivity index is 0.00000161. The van der Waals surface area contributed by atoms with E-state index in [1.165, 1.54) is 0 Å². The van der Waals surface area contributed by atoms with Gasteiger partial charge >= 0.3 is 0 Å². The molecule has 8 heteroatoms. The van der Waals surface area contributed by atoms with Gasteiger partial charge in [-0.05, 0) is 24.3 Å². The third kappa shape index (κ3) is 3.07. The Labute approximate surface area is 131 Å². The number of anilines is 2. The first kappa shape index (κ1) is 15.1. The standard InChI is InChI=1S/C13H10ClN5O.ClH/c14-11-7-10(13-16-5-6-19(13)18-11)17-9-3-1-8(2-4-9)12(15)20;/h1-7,17H,(H2,15,20);1H. The van der Waals surface area contributed by atoms with Crippen molar-refractivity contribution >= 4 is 46.9 Å². The number of nitrogens with two attached hydrogens (primary N) is 1. The van der Waals surface area contributed by atoms with Gasteiger partial charge in [-0.25, -0.2) is 9.50 Å². The predicted molar refractivity (Wildman–Crippen MR) is 83.5 cm³/mol. The molecule has 0 fully saturated rings. The fourth-order valence-electron chi connectivity index (χ4n) is 1.85. The lowest BCUT2D eigenvalue weighted by molar-refractivity contribution is 0.100. The first-order chi connectivity index (χ1) is 9.63. The van der Waals surface area contributed by atoms with Crippen molar-refractivity contribution in [3.8, 4) is 0 Å². The number of hydrogen-bond acceptors (Lipinski definition) is 4. The Morgan fingerprint density at radius 2 is 2.00 bits per heavy atom. The van der Waals surface area contributed by atoms with Gasteiger partial charge in [0.05, 0.1) is 5.69 Å². The van der Waals surface area contributed by atoms with Crippen LogP contribution in [0.15, 0.2) is 42.7 Å². The average Bonchev–Trinajstić information content (AvgIpc) is 2.87. The molecule has 0 radical (unpaired) electrons. The number of amides is 1. The second-order valence-corrected chi connectivity index (χ2v) is 4.53. The highest BCUT2D eigenvalue weighted by Gasteiger charge is 2.07. The van der Waals surface area contributed by atoms with E-state index >= 15 is 0 Å². The van der Waals surface area contributed by atoms with Crippen LogP contribution in [0.25, 0.3) is 5.65 Å². The lowest BCUT2D eigenvalue weighted by atomic mass is 10.2. The number of imidazole rings is 1. The highest BCUT2D eigenvalue weighted by Crippen LogP contribution is 2.23. The summed E-state index contributed by atoms with van der Waals surface area (Å²) in [6, 6.07) is 8.50. The van der Waals surface area contributed by atoms with Crippen molar-refractivity contribution in [2.75, 3.05) is 5.32 Å². The predicted octanol–water partition coefficient (Wildman–Crippen LogP) is 2.65. The quantitative estimate of drug-likeness (QED) is 0.775. The molecule has 0 atom stereocenters. The van der Waals surface area contributed by atoms with E-state index in [9.17, 15) is 4.79 Å². The van der Waals surface area contributed by atoms with Crippen LogP contribution in [-0.2, 0) is 0 Å². The van der Waals surface area contributed by atoms with Crippen molar-refractivity contribution in [1.29, 1.82) is 0 Å². The lowest BCUT2D eigenvalue weighted by Crippen LogP contribution is -2.10. The maximum Gasteiger partial charge on any atom is 0.248 e. The van der Waals surface area contributed by atoms with Crippen LogP contribution in [0.2, 0.25) is 5.15 Å². The van der Waals surface area contributed by atoms with Gasteiger partial charge in [-0.15, -0.1) is 12.4 Å². The van der Waals surface area contributed by atoms with E-state index in [1.54, 1.807) is 47.2 Å². The van der Waals surface area contributed by atoms with Gasteiger partial charge in [-0.2, -0.15) is 5.10 Å². The summed E-state index contributed by atoms with van der Waals surface area (Å²) in [5.74, 6) is -0.459. The summed E-state index contributed by atoms with van der Waals surface area (Å²) in [6.45, 7) is 0. The third-order valence-corrected chi connectivity index (χ3v) is 2.96. The molecule has 21 heavy (non-hydrogen) atoms. The number of aromatic nitrogens is 3. The Bertz CT molecular complexity index is 785. The number of rotatable bonds is 3. The molecule has 108 valence electrons. The molecule has 6 nitrogen and oxygen atoms in total. The zero-order chi connectivity index (χ0) is 14.1. The molecule has 0 saturated heterocycles. The molecular formula is C13H11Cl2N5O. The molecule has 0 unspecified atom stereocenters. The van der Waals surface area contributed by atoms with Crippen molar-refractivity contribution in [2.45, 2.75) is 0 Å². The molecule has 0 spiro atoms. The van der Waals surface area contributed by atoms with E-state index in [4.69, 9.17) is 17.3 Å². The second kappa shape index (κ2) is 5.99. The van der Waals surface area contributed by atoms with Gasteiger partial charge in [0.2, 0.25) is 5.91 Å². The fraction of sp³-hybridized carbons (Fsp3) is 0. The van der Waals surface area contributed by atoms with Crippen LogP contribution in [0, 0.1) is 0 Å². The topological polar surface area (TPSA) is 85.3 Å². The van der Waals surface area contributed by atoms with Crippen molar-refractivity contribution in [3.63, 3.8) is 0 Å². The van der Waals surface area contributed by atoms with Crippen LogP contribution in [0.4, 0.5) is 11.4 Å². The zero-order valence-electron chi connectivity index (χ0n) is 10.7. The van der Waals surface area contributed by atoms with Gasteiger partial charge in [-0.3, -0.25) is 4.79 Å². The van der Waals surface area contributed by atoms with Crippen LogP contribution in [0.3, 0.4) is 0 Å². The first-order valence-corrected chi connectivity index (χ1v) is 6.18. The summed E-state index contributed by atoms with van der Waals surface area (Å²) in [5.41, 5.74) is 7.83. The molecule has 0 bridgehead atoms. The summed E-state index contributed by atoms with van der Waals surface area (Å²) in [4.78, 5) is 15.2. The normalized spacial score (nSPS) is 10.1. The monoisotopic (exact) mass is 323 g/mol. The van der Waals surface area contributed by atoms with Crippen LogP contribution < -0.4 is 11.1 Å². The first-order valence-electron chi connectivity index (χ1n) is 5.80. The average molecular weight is 324 g/mol. The van der Waals surface area contributed by atoms with E-state index in [0.29, 0.717) is 16.4 Å². The maximum absolute atomic E-state index is 11.0. The van der Waals surface area contributed by atoms with Crippen LogP contribution in [-0.4, -0.2) is 20.5 Å². The molecule has 2 heterocycles. The molecule has 1 aromatic carbocycles. The number of primary amides is 1. The van der Waals surface area contributed by atoms with E-state index in [1.807, 2.05) is 0 Å². The number of carbonyl (C=O) groups excluding carboxylic acids is 1. The van der Waals surface area contributed by atoms with Gasteiger partial charge in [-0.1, -0.05) is 11.6 Å². The zero-order valence-corrected chi connectivity index (χ0v) is 12.2. The van der Waals surface area contributed by atoms with Crippen LogP contribution >= 0.6 is 24.0 Å². The minimum Gasteiger partial charge on any atom is -0.366 e. The van der Waals surface area contributed by atoms with Gasteiger partial charge in [0, 0.05) is 29.7 Å². The molecule has 3 N–H and O–H groups in total. The Kier molecular flexibility index (Phi) is 4.30. The molecule has 0 aliphatic carbocycles. The molecule has 0 saturated carbocycles. The molecule has 3 aromatic rings. The number of nitrogens with zero attached hydrogens (tertiary/aromatic N) is 3. The minimum absolute atomic E-state index is 0. The molecule has 0 aliphatic rings. The van der Waals surface area contributed by atoms with E-state index < -0.39 is 5.91 Å². The SMILES string of the molecule is Cl.NC(=O)c1ccc(Nc2cc(Cl)nn3ccnc23)cc1. The van der Waals surface area contributed by atoms with E-state index in [2.05, 4.69) is 15.4 Å². The maximum atomic E-state index is 11.0. The Hall–Kier alpha value is -2.31. The molecule has 0 aliphatic heterocycles. The number of carbonyl (C=O) groups is 1. The summed E-state index contributed by atoms with van der Waals surface area (Å²) in [6.07, 6.45) is 3.35. The molecular weight excluding hydrogens is 313 g/mol. The summed E-state index contributed by atoms with van der Waals surface area (Å²) in [7, 11) is 0. The number of benzene rings is 1. The summed E-state index contributed by atoms with van der Waals surface area (Å²) < 4.78 is 1.59. The van der Waals surface area contributed by atoms with Crippen molar-refractivity contribution in [3.05, 3.63) is 53.4 Å². The van der Waals surface area contributed by atoms with Crippen molar-refractivity contribution < 1.29 is 4.79 Å². The number of hydrogen-bond donors (Lipinski definition) is 2. The van der Waals surface area contributed by atoms with Crippen molar-refractivity contribution in [1.82, 2.24) is 14.6 Å². The molecule has 3 rings (SSSR count). The van der Waals surface area contributed by atoms with E-state index in [-0.39, 0.29) is 12.4 Å². The Morgan fingerprint density at radius 1 is 1.29 bits per heavy atom. The van der Waals surface area contributed by atoms with Crippen molar-refractivity contribution in [2.24, 2.45) is 5.73 Å². The van der Waals surface area contributed by atoms with Gasteiger partial charge in [0.1, 0.15) is 0 Å². The van der Waals surface area contributed by atoms with Gasteiger partial charge in [0.25, 0.3) is 0 Å². The third-order valence-electron chi connectivity index (χ3n) is 2.78. The van der Waals surface area contributed by atoms with E-state index in [0.717, 1.165) is 11.4 Å².